The Morgan fingerprint density at radius 3 is 2.32 bits per heavy atom. The Bertz CT molecular complexity index is 299. The summed E-state index contributed by atoms with van der Waals surface area (Å²) in [4.78, 5) is 27.7. The van der Waals surface area contributed by atoms with Gasteiger partial charge in [-0.3, -0.25) is 14.5 Å². The van der Waals surface area contributed by atoms with Crippen LogP contribution in [0.2, 0.25) is 0 Å². The summed E-state index contributed by atoms with van der Waals surface area (Å²) in [6.07, 6.45) is 1.85. The fourth-order valence-electron chi connectivity index (χ4n) is 2.14. The second-order valence-corrected chi connectivity index (χ2v) is 5.26. The third-order valence-corrected chi connectivity index (χ3v) is 3.66. The number of nitrogens with zero attached hydrogens (tertiary/aromatic N) is 2. The monoisotopic (exact) mass is 269 g/mol. The standard InChI is InChI=1S/C14H27N3O2/c1-4-6-15-13(18)11-16-7-9-17(10-8-16)14(19)12(3)5-2/h12H,4-11H2,1-3H3,(H,15,18). The minimum atomic E-state index is 0.0866. The van der Waals surface area contributed by atoms with Gasteiger partial charge in [-0.05, 0) is 12.8 Å². The molecular formula is C14H27N3O2. The molecule has 1 rings (SSSR count). The number of piperazine rings is 1. The normalized spacial score (nSPS) is 18.2. The van der Waals surface area contributed by atoms with Crippen LogP contribution in [0.1, 0.15) is 33.6 Å². The number of carbonyl (C=O) groups is 2. The number of nitrogens with one attached hydrogen (secondary N) is 1. The van der Waals surface area contributed by atoms with Gasteiger partial charge in [0, 0.05) is 38.6 Å². The maximum atomic E-state index is 12.0. The van der Waals surface area contributed by atoms with Crippen molar-refractivity contribution in [2.24, 2.45) is 5.92 Å². The van der Waals surface area contributed by atoms with Crippen LogP contribution in [0.4, 0.5) is 0 Å². The van der Waals surface area contributed by atoms with Crippen molar-refractivity contribution in [3.8, 4) is 0 Å². The summed E-state index contributed by atoms with van der Waals surface area (Å²) < 4.78 is 0. The van der Waals surface area contributed by atoms with Crippen LogP contribution in [0.15, 0.2) is 0 Å². The number of carbonyl (C=O) groups excluding carboxylic acids is 2. The lowest BCUT2D eigenvalue weighted by Crippen LogP contribution is -2.52. The summed E-state index contributed by atoms with van der Waals surface area (Å²) in [7, 11) is 0. The highest BCUT2D eigenvalue weighted by molar-refractivity contribution is 5.79. The Labute approximate surface area is 116 Å². The Balaban J connectivity index is 2.29. The highest BCUT2D eigenvalue weighted by Crippen LogP contribution is 2.09. The highest BCUT2D eigenvalue weighted by Gasteiger charge is 2.24. The largest absolute Gasteiger partial charge is 0.355 e. The minimum absolute atomic E-state index is 0.0866. The topological polar surface area (TPSA) is 52.7 Å². The van der Waals surface area contributed by atoms with E-state index in [2.05, 4.69) is 10.2 Å². The first-order valence-corrected chi connectivity index (χ1v) is 7.36. The highest BCUT2D eigenvalue weighted by atomic mass is 16.2. The van der Waals surface area contributed by atoms with Crippen molar-refractivity contribution in [3.05, 3.63) is 0 Å². The second-order valence-electron chi connectivity index (χ2n) is 5.26. The van der Waals surface area contributed by atoms with Crippen LogP contribution >= 0.6 is 0 Å². The van der Waals surface area contributed by atoms with Crippen LogP contribution in [-0.2, 0) is 9.59 Å². The Morgan fingerprint density at radius 2 is 1.79 bits per heavy atom. The van der Waals surface area contributed by atoms with E-state index in [1.54, 1.807) is 0 Å². The molecule has 110 valence electrons. The summed E-state index contributed by atoms with van der Waals surface area (Å²) in [6.45, 7) is 10.3. The average molecular weight is 269 g/mol. The molecule has 19 heavy (non-hydrogen) atoms. The molecule has 0 saturated carbocycles. The van der Waals surface area contributed by atoms with Gasteiger partial charge in [-0.2, -0.15) is 0 Å². The lowest BCUT2D eigenvalue weighted by atomic mass is 10.1. The molecular weight excluding hydrogens is 242 g/mol. The first-order chi connectivity index (χ1) is 9.08. The molecule has 5 nitrogen and oxygen atoms in total. The van der Waals surface area contributed by atoms with Gasteiger partial charge in [-0.15, -0.1) is 0 Å². The van der Waals surface area contributed by atoms with Gasteiger partial charge in [0.2, 0.25) is 11.8 Å². The van der Waals surface area contributed by atoms with Crippen molar-refractivity contribution in [2.75, 3.05) is 39.3 Å². The van der Waals surface area contributed by atoms with Gasteiger partial charge in [-0.1, -0.05) is 20.8 Å². The van der Waals surface area contributed by atoms with Crippen molar-refractivity contribution in [1.82, 2.24) is 15.1 Å². The molecule has 2 amide bonds. The zero-order valence-electron chi connectivity index (χ0n) is 12.4. The molecule has 0 aliphatic carbocycles. The van der Waals surface area contributed by atoms with Crippen molar-refractivity contribution < 1.29 is 9.59 Å². The molecule has 0 aromatic rings. The lowest BCUT2D eigenvalue weighted by molar-refractivity contribution is -0.137. The van der Waals surface area contributed by atoms with E-state index in [0.29, 0.717) is 6.54 Å². The van der Waals surface area contributed by atoms with Gasteiger partial charge >= 0.3 is 0 Å². The molecule has 1 fully saturated rings. The molecule has 5 heteroatoms. The average Bonchev–Trinajstić information content (AvgIpc) is 2.44. The number of rotatable bonds is 6. The fraction of sp³-hybridized carbons (Fsp3) is 0.857. The maximum Gasteiger partial charge on any atom is 0.234 e. The maximum absolute atomic E-state index is 12.0. The number of amides is 2. The predicted molar refractivity (Wildman–Crippen MR) is 75.8 cm³/mol. The molecule has 0 bridgehead atoms. The van der Waals surface area contributed by atoms with Crippen LogP contribution in [0, 0.1) is 5.92 Å². The number of hydrogen-bond acceptors (Lipinski definition) is 3. The van der Waals surface area contributed by atoms with Crippen molar-refractivity contribution in [3.63, 3.8) is 0 Å². The molecule has 1 heterocycles. The van der Waals surface area contributed by atoms with Crippen molar-refractivity contribution in [2.45, 2.75) is 33.6 Å². The molecule has 1 aliphatic heterocycles. The second kappa shape index (κ2) is 8.15. The third kappa shape index (κ3) is 5.19. The molecule has 0 radical (unpaired) electrons. The summed E-state index contributed by atoms with van der Waals surface area (Å²) in [5.41, 5.74) is 0. The molecule has 0 aromatic carbocycles. The lowest BCUT2D eigenvalue weighted by Gasteiger charge is -2.35. The fourth-order valence-corrected chi connectivity index (χ4v) is 2.14. The van der Waals surface area contributed by atoms with E-state index in [1.165, 1.54) is 0 Å². The SMILES string of the molecule is CCCNC(=O)CN1CCN(C(=O)C(C)CC)CC1. The van der Waals surface area contributed by atoms with Crippen LogP contribution < -0.4 is 5.32 Å². The van der Waals surface area contributed by atoms with Crippen LogP contribution in [-0.4, -0.2) is 60.9 Å². The summed E-state index contributed by atoms with van der Waals surface area (Å²) in [5.74, 6) is 0.445. The van der Waals surface area contributed by atoms with Gasteiger partial charge in [0.15, 0.2) is 0 Å². The quantitative estimate of drug-likeness (QED) is 0.772. The summed E-state index contributed by atoms with van der Waals surface area (Å²) in [5, 5.41) is 2.88. The first kappa shape index (κ1) is 16.0. The molecule has 1 atom stereocenters. The van der Waals surface area contributed by atoms with Crippen molar-refractivity contribution >= 4 is 11.8 Å². The molecule has 0 aromatic heterocycles. The first-order valence-electron chi connectivity index (χ1n) is 7.36. The van der Waals surface area contributed by atoms with Gasteiger partial charge in [0.25, 0.3) is 0 Å². The third-order valence-electron chi connectivity index (χ3n) is 3.66. The van der Waals surface area contributed by atoms with Gasteiger partial charge < -0.3 is 10.2 Å². The molecule has 1 saturated heterocycles. The smallest absolute Gasteiger partial charge is 0.234 e. The Hall–Kier alpha value is -1.10. The summed E-state index contributed by atoms with van der Waals surface area (Å²) in [6, 6.07) is 0. The van der Waals surface area contributed by atoms with E-state index < -0.39 is 0 Å². The van der Waals surface area contributed by atoms with Crippen LogP contribution in [0.3, 0.4) is 0 Å². The Morgan fingerprint density at radius 1 is 1.16 bits per heavy atom. The predicted octanol–water partition coefficient (Wildman–Crippen LogP) is 0.703. The molecule has 1 N–H and O–H groups in total. The van der Waals surface area contributed by atoms with Crippen molar-refractivity contribution in [1.29, 1.82) is 0 Å². The van der Waals surface area contributed by atoms with Gasteiger partial charge in [0.1, 0.15) is 0 Å². The van der Waals surface area contributed by atoms with E-state index in [9.17, 15) is 9.59 Å². The zero-order chi connectivity index (χ0) is 14.3. The van der Waals surface area contributed by atoms with E-state index >= 15 is 0 Å². The van der Waals surface area contributed by atoms with Crippen LogP contribution in [0.5, 0.6) is 0 Å². The van der Waals surface area contributed by atoms with E-state index in [1.807, 2.05) is 25.7 Å². The van der Waals surface area contributed by atoms with E-state index in [-0.39, 0.29) is 17.7 Å². The van der Waals surface area contributed by atoms with Crippen LogP contribution in [0.25, 0.3) is 0 Å². The van der Waals surface area contributed by atoms with Gasteiger partial charge in [0.05, 0.1) is 6.54 Å². The Kier molecular flexibility index (Phi) is 6.84. The summed E-state index contributed by atoms with van der Waals surface area (Å²) >= 11 is 0. The number of hydrogen-bond donors (Lipinski definition) is 1. The molecule has 0 spiro atoms. The minimum Gasteiger partial charge on any atom is -0.355 e. The van der Waals surface area contributed by atoms with Gasteiger partial charge in [-0.25, -0.2) is 0 Å². The van der Waals surface area contributed by atoms with E-state index in [4.69, 9.17) is 0 Å². The van der Waals surface area contributed by atoms with E-state index in [0.717, 1.165) is 45.6 Å². The zero-order valence-corrected chi connectivity index (χ0v) is 12.4. The molecule has 1 unspecified atom stereocenters. The molecule has 1 aliphatic rings.